The van der Waals surface area contributed by atoms with Crippen LogP contribution < -0.4 is 16.4 Å². The number of nitrogens with two attached hydrogens (primary N) is 1. The third-order valence-corrected chi connectivity index (χ3v) is 2.44. The summed E-state index contributed by atoms with van der Waals surface area (Å²) >= 11 is 0. The summed E-state index contributed by atoms with van der Waals surface area (Å²) in [5.41, 5.74) is 5.32. The minimum Gasteiger partial charge on any atom is -0.368 e. The van der Waals surface area contributed by atoms with Crippen LogP contribution in [0, 0.1) is 0 Å². The lowest BCUT2D eigenvalue weighted by Crippen LogP contribution is -2.36. The molecule has 0 bridgehead atoms. The molecule has 15 heavy (non-hydrogen) atoms. The zero-order valence-electron chi connectivity index (χ0n) is 9.13. The monoisotopic (exact) mass is 215 g/mol. The largest absolute Gasteiger partial charge is 0.368 e. The average molecular weight is 215 g/mol. The van der Waals surface area contributed by atoms with Crippen molar-refractivity contribution in [2.24, 2.45) is 5.73 Å². The molecule has 1 aliphatic rings. The molecule has 0 spiro atoms. The molecule has 5 heteroatoms. The number of hydrogen-bond donors (Lipinski definition) is 3. The lowest BCUT2D eigenvalue weighted by atomic mass is 10.1. The Morgan fingerprint density at radius 2 is 2.20 bits per heavy atom. The van der Waals surface area contributed by atoms with Crippen molar-refractivity contribution in [1.29, 1.82) is 0 Å². The Morgan fingerprint density at radius 1 is 1.47 bits per heavy atom. The standard InChI is InChI=1S/C10H21N3O2/c11-4-1-5-13-10(14)8-15-9-2-6-12-7-3-9/h9,12H,1-8,11H2,(H,13,14). The minimum absolute atomic E-state index is 0.0398. The molecule has 0 aliphatic carbocycles. The van der Waals surface area contributed by atoms with Gasteiger partial charge in [0.15, 0.2) is 0 Å². The quantitative estimate of drug-likeness (QED) is 0.508. The maximum atomic E-state index is 11.3. The number of rotatable bonds is 6. The lowest BCUT2D eigenvalue weighted by molar-refractivity contribution is -0.128. The van der Waals surface area contributed by atoms with Gasteiger partial charge in [0.1, 0.15) is 6.61 Å². The normalized spacial score (nSPS) is 17.7. The van der Waals surface area contributed by atoms with E-state index in [0.717, 1.165) is 32.4 Å². The Hall–Kier alpha value is -0.650. The SMILES string of the molecule is NCCCNC(=O)COC1CCNCC1. The van der Waals surface area contributed by atoms with Crippen molar-refractivity contribution in [2.75, 3.05) is 32.8 Å². The summed E-state index contributed by atoms with van der Waals surface area (Å²) < 4.78 is 5.49. The van der Waals surface area contributed by atoms with Crippen LogP contribution in [0.4, 0.5) is 0 Å². The van der Waals surface area contributed by atoms with Crippen molar-refractivity contribution >= 4 is 5.91 Å². The van der Waals surface area contributed by atoms with Crippen LogP contribution in [-0.4, -0.2) is 44.8 Å². The zero-order chi connectivity index (χ0) is 10.9. The molecule has 1 heterocycles. The Bertz CT molecular complexity index is 182. The van der Waals surface area contributed by atoms with Gasteiger partial charge >= 0.3 is 0 Å². The Labute approximate surface area is 90.7 Å². The molecule has 0 atom stereocenters. The van der Waals surface area contributed by atoms with E-state index in [4.69, 9.17) is 10.5 Å². The van der Waals surface area contributed by atoms with Gasteiger partial charge in [-0.1, -0.05) is 0 Å². The van der Waals surface area contributed by atoms with Crippen LogP contribution in [0.15, 0.2) is 0 Å². The zero-order valence-corrected chi connectivity index (χ0v) is 9.13. The second-order valence-electron chi connectivity index (χ2n) is 3.75. The summed E-state index contributed by atoms with van der Waals surface area (Å²) in [4.78, 5) is 11.3. The molecule has 0 saturated carbocycles. The summed E-state index contributed by atoms with van der Waals surface area (Å²) in [6, 6.07) is 0. The highest BCUT2D eigenvalue weighted by Gasteiger charge is 2.14. The van der Waals surface area contributed by atoms with E-state index in [1.807, 2.05) is 0 Å². The van der Waals surface area contributed by atoms with Gasteiger partial charge in [-0.2, -0.15) is 0 Å². The van der Waals surface area contributed by atoms with Crippen LogP contribution in [0.1, 0.15) is 19.3 Å². The first-order valence-electron chi connectivity index (χ1n) is 5.62. The number of hydrogen-bond acceptors (Lipinski definition) is 4. The molecule has 0 aromatic heterocycles. The molecule has 1 fully saturated rings. The number of carbonyl (C=O) groups is 1. The highest BCUT2D eigenvalue weighted by atomic mass is 16.5. The van der Waals surface area contributed by atoms with E-state index in [0.29, 0.717) is 13.1 Å². The maximum absolute atomic E-state index is 11.3. The van der Waals surface area contributed by atoms with E-state index >= 15 is 0 Å². The van der Waals surface area contributed by atoms with E-state index in [2.05, 4.69) is 10.6 Å². The van der Waals surface area contributed by atoms with Gasteiger partial charge in [0.25, 0.3) is 0 Å². The van der Waals surface area contributed by atoms with Gasteiger partial charge in [-0.05, 0) is 38.9 Å². The number of nitrogens with one attached hydrogen (secondary N) is 2. The molecule has 1 saturated heterocycles. The van der Waals surface area contributed by atoms with Crippen molar-refractivity contribution in [3.63, 3.8) is 0 Å². The average Bonchev–Trinajstić information content (AvgIpc) is 2.28. The first kappa shape index (κ1) is 12.4. The van der Waals surface area contributed by atoms with Crippen LogP contribution in [0.25, 0.3) is 0 Å². The van der Waals surface area contributed by atoms with Crippen molar-refractivity contribution in [3.05, 3.63) is 0 Å². The van der Waals surface area contributed by atoms with Crippen LogP contribution in [0.2, 0.25) is 0 Å². The number of piperidine rings is 1. The summed E-state index contributed by atoms with van der Waals surface area (Å²) in [6.45, 7) is 3.40. The third kappa shape index (κ3) is 5.71. The van der Waals surface area contributed by atoms with Gasteiger partial charge in [0, 0.05) is 6.54 Å². The molecule has 88 valence electrons. The van der Waals surface area contributed by atoms with Gasteiger partial charge in [-0.3, -0.25) is 4.79 Å². The second-order valence-corrected chi connectivity index (χ2v) is 3.75. The first-order chi connectivity index (χ1) is 7.33. The van der Waals surface area contributed by atoms with Gasteiger partial charge < -0.3 is 21.1 Å². The summed E-state index contributed by atoms with van der Waals surface area (Å²) in [5.74, 6) is -0.0398. The predicted molar refractivity (Wildman–Crippen MR) is 58.5 cm³/mol. The van der Waals surface area contributed by atoms with Crippen molar-refractivity contribution < 1.29 is 9.53 Å². The third-order valence-electron chi connectivity index (χ3n) is 2.44. The molecule has 5 nitrogen and oxygen atoms in total. The van der Waals surface area contributed by atoms with Gasteiger partial charge in [0.2, 0.25) is 5.91 Å². The van der Waals surface area contributed by atoms with E-state index in [9.17, 15) is 4.79 Å². The van der Waals surface area contributed by atoms with Crippen LogP contribution in [0.5, 0.6) is 0 Å². The Morgan fingerprint density at radius 3 is 2.87 bits per heavy atom. The summed E-state index contributed by atoms with van der Waals surface area (Å²) in [7, 11) is 0. The van der Waals surface area contributed by atoms with Crippen molar-refractivity contribution in [1.82, 2.24) is 10.6 Å². The highest BCUT2D eigenvalue weighted by Crippen LogP contribution is 2.06. The van der Waals surface area contributed by atoms with Crippen molar-refractivity contribution in [2.45, 2.75) is 25.4 Å². The van der Waals surface area contributed by atoms with Crippen LogP contribution in [0.3, 0.4) is 0 Å². The molecule has 1 aliphatic heterocycles. The maximum Gasteiger partial charge on any atom is 0.246 e. The minimum atomic E-state index is -0.0398. The topological polar surface area (TPSA) is 76.4 Å². The Kier molecular flexibility index (Phi) is 6.31. The van der Waals surface area contributed by atoms with E-state index < -0.39 is 0 Å². The molecule has 0 radical (unpaired) electrons. The molecule has 0 unspecified atom stereocenters. The first-order valence-corrected chi connectivity index (χ1v) is 5.62. The fraction of sp³-hybridized carbons (Fsp3) is 0.900. The molecular weight excluding hydrogens is 194 g/mol. The van der Waals surface area contributed by atoms with E-state index in [1.54, 1.807) is 0 Å². The smallest absolute Gasteiger partial charge is 0.246 e. The van der Waals surface area contributed by atoms with Gasteiger partial charge in [-0.15, -0.1) is 0 Å². The highest BCUT2D eigenvalue weighted by molar-refractivity contribution is 5.77. The predicted octanol–water partition coefficient (Wildman–Crippen LogP) is -0.780. The number of carbonyl (C=O) groups excluding carboxylic acids is 1. The van der Waals surface area contributed by atoms with Gasteiger partial charge in [-0.25, -0.2) is 0 Å². The Balaban J connectivity index is 2.00. The van der Waals surface area contributed by atoms with Gasteiger partial charge in [0.05, 0.1) is 6.10 Å². The van der Waals surface area contributed by atoms with E-state index in [1.165, 1.54) is 0 Å². The molecule has 1 rings (SSSR count). The molecule has 4 N–H and O–H groups in total. The molecule has 0 aromatic rings. The fourth-order valence-corrected chi connectivity index (χ4v) is 1.54. The number of amides is 1. The fourth-order valence-electron chi connectivity index (χ4n) is 1.54. The van der Waals surface area contributed by atoms with Crippen molar-refractivity contribution in [3.8, 4) is 0 Å². The van der Waals surface area contributed by atoms with Crippen LogP contribution in [-0.2, 0) is 9.53 Å². The molecule has 1 amide bonds. The molecule has 0 aromatic carbocycles. The lowest BCUT2D eigenvalue weighted by Gasteiger charge is -2.22. The van der Waals surface area contributed by atoms with Crippen LogP contribution >= 0.6 is 0 Å². The second kappa shape index (κ2) is 7.62. The number of ether oxygens (including phenoxy) is 1. The molecular formula is C10H21N3O2. The van der Waals surface area contributed by atoms with E-state index in [-0.39, 0.29) is 18.6 Å². The summed E-state index contributed by atoms with van der Waals surface area (Å²) in [5, 5.41) is 6.01. The summed E-state index contributed by atoms with van der Waals surface area (Å²) in [6.07, 6.45) is 3.05.